The molecular formula is C21H19ClN2O4S. The molecule has 0 saturated heterocycles. The van der Waals surface area contributed by atoms with Gasteiger partial charge in [0.1, 0.15) is 5.75 Å². The van der Waals surface area contributed by atoms with Crippen LogP contribution < -0.4 is 14.8 Å². The fraction of sp³-hybridized carbons (Fsp3) is 0.0952. The summed E-state index contributed by atoms with van der Waals surface area (Å²) in [6.07, 6.45) is 0. The van der Waals surface area contributed by atoms with Crippen LogP contribution in [0.3, 0.4) is 0 Å². The molecule has 29 heavy (non-hydrogen) atoms. The maximum atomic E-state index is 12.5. The van der Waals surface area contributed by atoms with Gasteiger partial charge in [-0.15, -0.1) is 0 Å². The fourth-order valence-corrected chi connectivity index (χ4v) is 3.76. The molecule has 0 unspecified atom stereocenters. The van der Waals surface area contributed by atoms with E-state index in [1.54, 1.807) is 25.3 Å². The van der Waals surface area contributed by atoms with E-state index in [9.17, 15) is 13.2 Å². The Morgan fingerprint density at radius 1 is 1.00 bits per heavy atom. The molecule has 0 saturated carbocycles. The number of carbonyl (C=O) groups excluding carboxylic acids is 1. The molecule has 3 rings (SSSR count). The second-order valence-electron chi connectivity index (χ2n) is 6.17. The third-order valence-corrected chi connectivity index (χ3v) is 5.76. The summed E-state index contributed by atoms with van der Waals surface area (Å²) in [7, 11) is -2.20. The number of hydrogen-bond donors (Lipinski definition) is 2. The zero-order chi connectivity index (χ0) is 20.9. The van der Waals surface area contributed by atoms with Crippen LogP contribution in [-0.4, -0.2) is 21.4 Å². The molecule has 6 nitrogen and oxygen atoms in total. The Balaban J connectivity index is 1.68. The highest BCUT2D eigenvalue weighted by Gasteiger charge is 2.15. The Kier molecular flexibility index (Phi) is 6.41. The molecule has 0 heterocycles. The first-order valence-electron chi connectivity index (χ1n) is 8.67. The van der Waals surface area contributed by atoms with Gasteiger partial charge in [0, 0.05) is 22.8 Å². The number of halogens is 1. The lowest BCUT2D eigenvalue weighted by atomic mass is 10.1. The predicted octanol–water partition coefficient (Wildman–Crippen LogP) is 4.08. The molecule has 3 aromatic rings. The number of nitrogens with one attached hydrogen (secondary N) is 2. The van der Waals surface area contributed by atoms with E-state index in [0.29, 0.717) is 17.1 Å². The molecule has 0 radical (unpaired) electrons. The molecule has 0 atom stereocenters. The number of methoxy groups -OCH3 is 1. The molecule has 0 aliphatic carbocycles. The first-order valence-corrected chi connectivity index (χ1v) is 10.5. The summed E-state index contributed by atoms with van der Waals surface area (Å²) < 4.78 is 32.6. The summed E-state index contributed by atoms with van der Waals surface area (Å²) in [6, 6.07) is 19.5. The van der Waals surface area contributed by atoms with Gasteiger partial charge in [-0.25, -0.2) is 8.42 Å². The van der Waals surface area contributed by atoms with Crippen molar-refractivity contribution in [1.82, 2.24) is 5.32 Å². The van der Waals surface area contributed by atoms with Gasteiger partial charge < -0.3 is 10.1 Å². The van der Waals surface area contributed by atoms with Crippen molar-refractivity contribution in [3.63, 3.8) is 0 Å². The third kappa shape index (κ3) is 5.49. The number of benzene rings is 3. The zero-order valence-electron chi connectivity index (χ0n) is 15.6. The van der Waals surface area contributed by atoms with Gasteiger partial charge in [-0.1, -0.05) is 29.8 Å². The summed E-state index contributed by atoms with van der Waals surface area (Å²) in [5.74, 6) is 0.425. The number of amides is 1. The second-order valence-corrected chi connectivity index (χ2v) is 8.29. The van der Waals surface area contributed by atoms with Gasteiger partial charge in [-0.05, 0) is 60.2 Å². The minimum absolute atomic E-state index is 0.0799. The van der Waals surface area contributed by atoms with Gasteiger partial charge in [0.25, 0.3) is 15.9 Å². The molecule has 2 N–H and O–H groups in total. The molecule has 0 fully saturated rings. The fourth-order valence-electron chi connectivity index (χ4n) is 2.58. The number of ether oxygens (including phenoxy) is 1. The van der Waals surface area contributed by atoms with Crippen LogP contribution in [0.15, 0.2) is 77.7 Å². The van der Waals surface area contributed by atoms with Crippen molar-refractivity contribution in [2.75, 3.05) is 11.8 Å². The number of anilines is 1. The molecule has 0 aliphatic heterocycles. The summed E-state index contributed by atoms with van der Waals surface area (Å²) in [5.41, 5.74) is 1.55. The molecule has 0 bridgehead atoms. The van der Waals surface area contributed by atoms with Crippen LogP contribution in [0.4, 0.5) is 5.69 Å². The lowest BCUT2D eigenvalue weighted by Crippen LogP contribution is -2.23. The van der Waals surface area contributed by atoms with E-state index in [4.69, 9.17) is 16.3 Å². The van der Waals surface area contributed by atoms with Crippen LogP contribution in [0.2, 0.25) is 5.02 Å². The summed E-state index contributed by atoms with van der Waals surface area (Å²) in [6.45, 7) is 0.337. The van der Waals surface area contributed by atoms with Crippen LogP contribution in [0.5, 0.6) is 5.75 Å². The molecule has 8 heteroatoms. The highest BCUT2D eigenvalue weighted by molar-refractivity contribution is 7.92. The maximum absolute atomic E-state index is 12.5. The van der Waals surface area contributed by atoms with Gasteiger partial charge >= 0.3 is 0 Å². The average Bonchev–Trinajstić information content (AvgIpc) is 2.72. The van der Waals surface area contributed by atoms with Gasteiger partial charge in [-0.3, -0.25) is 9.52 Å². The van der Waals surface area contributed by atoms with Crippen LogP contribution >= 0.6 is 11.6 Å². The normalized spacial score (nSPS) is 11.0. The standard InChI is InChI=1S/C21H19ClN2O4S/c1-28-19-9-5-15(6-10-19)14-23-21(25)16-3-2-4-18(13-16)24-29(26,27)20-11-7-17(22)8-12-20/h2-13,24H,14H2,1H3,(H,23,25). The van der Waals surface area contributed by atoms with E-state index in [2.05, 4.69) is 10.0 Å². The van der Waals surface area contributed by atoms with Gasteiger partial charge in [0.15, 0.2) is 0 Å². The van der Waals surface area contributed by atoms with Crippen LogP contribution in [0.25, 0.3) is 0 Å². The van der Waals surface area contributed by atoms with Crippen molar-refractivity contribution in [3.05, 3.63) is 88.9 Å². The highest BCUT2D eigenvalue weighted by atomic mass is 35.5. The van der Waals surface area contributed by atoms with E-state index in [-0.39, 0.29) is 16.5 Å². The first kappa shape index (κ1) is 20.7. The molecule has 150 valence electrons. The van der Waals surface area contributed by atoms with E-state index in [0.717, 1.165) is 11.3 Å². The quantitative estimate of drug-likeness (QED) is 0.591. The van der Waals surface area contributed by atoms with E-state index in [1.165, 1.54) is 30.3 Å². The van der Waals surface area contributed by atoms with Crippen LogP contribution in [0.1, 0.15) is 15.9 Å². The Morgan fingerprint density at radius 2 is 1.69 bits per heavy atom. The Bertz CT molecular complexity index is 1100. The number of rotatable bonds is 7. The third-order valence-electron chi connectivity index (χ3n) is 4.11. The van der Waals surface area contributed by atoms with Crippen molar-refractivity contribution in [3.8, 4) is 5.75 Å². The van der Waals surface area contributed by atoms with Crippen molar-refractivity contribution in [1.29, 1.82) is 0 Å². The van der Waals surface area contributed by atoms with E-state index >= 15 is 0 Å². The van der Waals surface area contributed by atoms with E-state index < -0.39 is 10.0 Å². The van der Waals surface area contributed by atoms with E-state index in [1.807, 2.05) is 24.3 Å². The van der Waals surface area contributed by atoms with Crippen LogP contribution in [-0.2, 0) is 16.6 Å². The summed E-state index contributed by atoms with van der Waals surface area (Å²) in [4.78, 5) is 12.5. The first-order chi connectivity index (χ1) is 13.9. The minimum atomic E-state index is -3.79. The summed E-state index contributed by atoms with van der Waals surface area (Å²) >= 11 is 5.80. The molecule has 0 spiro atoms. The largest absolute Gasteiger partial charge is 0.497 e. The Labute approximate surface area is 174 Å². The molecule has 3 aromatic carbocycles. The van der Waals surface area contributed by atoms with Gasteiger partial charge in [0.2, 0.25) is 0 Å². The molecule has 0 aliphatic rings. The number of hydrogen-bond acceptors (Lipinski definition) is 4. The Hall–Kier alpha value is -3.03. The average molecular weight is 431 g/mol. The van der Waals surface area contributed by atoms with Crippen LogP contribution in [0, 0.1) is 0 Å². The molecular weight excluding hydrogens is 412 g/mol. The predicted molar refractivity (Wildman–Crippen MR) is 113 cm³/mol. The summed E-state index contributed by atoms with van der Waals surface area (Å²) in [5, 5.41) is 3.25. The highest BCUT2D eigenvalue weighted by Crippen LogP contribution is 2.19. The maximum Gasteiger partial charge on any atom is 0.261 e. The van der Waals surface area contributed by atoms with Crippen molar-refractivity contribution < 1.29 is 17.9 Å². The monoisotopic (exact) mass is 430 g/mol. The number of carbonyl (C=O) groups is 1. The molecule has 0 aromatic heterocycles. The number of sulfonamides is 1. The van der Waals surface area contributed by atoms with Gasteiger partial charge in [-0.2, -0.15) is 0 Å². The lowest BCUT2D eigenvalue weighted by Gasteiger charge is -2.10. The Morgan fingerprint density at radius 3 is 2.34 bits per heavy atom. The SMILES string of the molecule is COc1ccc(CNC(=O)c2cccc(NS(=O)(=O)c3ccc(Cl)cc3)c2)cc1. The van der Waals surface area contributed by atoms with Gasteiger partial charge in [0.05, 0.1) is 12.0 Å². The zero-order valence-corrected chi connectivity index (χ0v) is 17.1. The second kappa shape index (κ2) is 8.98. The molecule has 1 amide bonds. The smallest absolute Gasteiger partial charge is 0.261 e. The van der Waals surface area contributed by atoms with Crippen molar-refractivity contribution in [2.45, 2.75) is 11.4 Å². The minimum Gasteiger partial charge on any atom is -0.497 e. The lowest BCUT2D eigenvalue weighted by molar-refractivity contribution is 0.0951. The van der Waals surface area contributed by atoms with Crippen molar-refractivity contribution >= 4 is 33.2 Å². The van der Waals surface area contributed by atoms with Crippen molar-refractivity contribution in [2.24, 2.45) is 0 Å². The topological polar surface area (TPSA) is 84.5 Å².